The van der Waals surface area contributed by atoms with Crippen LogP contribution in [0, 0.1) is 20.8 Å². The van der Waals surface area contributed by atoms with Crippen molar-refractivity contribution in [2.24, 2.45) is 0 Å². The van der Waals surface area contributed by atoms with Crippen molar-refractivity contribution >= 4 is 11.6 Å². The quantitative estimate of drug-likeness (QED) is 0.711. The summed E-state index contributed by atoms with van der Waals surface area (Å²) in [7, 11) is 0. The van der Waals surface area contributed by atoms with Gasteiger partial charge in [-0.2, -0.15) is 0 Å². The Balaban J connectivity index is 1.84. The van der Waals surface area contributed by atoms with Gasteiger partial charge in [0.25, 0.3) is 5.91 Å². The molecular formula is C22H26N4O2. The van der Waals surface area contributed by atoms with Crippen molar-refractivity contribution in [1.82, 2.24) is 14.6 Å². The topological polar surface area (TPSA) is 63.3 Å². The van der Waals surface area contributed by atoms with E-state index < -0.39 is 0 Å². The Bertz CT molecular complexity index is 1030. The van der Waals surface area contributed by atoms with Crippen LogP contribution >= 0.6 is 0 Å². The largest absolute Gasteiger partial charge is 0.361 e. The van der Waals surface area contributed by atoms with Crippen molar-refractivity contribution < 1.29 is 9.32 Å². The van der Waals surface area contributed by atoms with Crippen LogP contribution in [0.3, 0.4) is 0 Å². The zero-order valence-corrected chi connectivity index (χ0v) is 17.0. The molecule has 0 bridgehead atoms. The number of nitrogens with one attached hydrogen (secondary N) is 1. The van der Waals surface area contributed by atoms with Gasteiger partial charge in [-0.15, -0.1) is 0 Å². The summed E-state index contributed by atoms with van der Waals surface area (Å²) in [4.78, 5) is 15.3. The van der Waals surface area contributed by atoms with E-state index in [1.807, 2.05) is 49.1 Å². The van der Waals surface area contributed by atoms with Gasteiger partial charge >= 0.3 is 0 Å². The van der Waals surface area contributed by atoms with Crippen LogP contribution in [-0.4, -0.2) is 26.6 Å². The second-order valence-corrected chi connectivity index (χ2v) is 7.52. The van der Waals surface area contributed by atoms with E-state index in [-0.39, 0.29) is 18.1 Å². The van der Waals surface area contributed by atoms with Gasteiger partial charge in [-0.3, -0.25) is 9.36 Å². The van der Waals surface area contributed by atoms with Gasteiger partial charge in [-0.05, 0) is 52.3 Å². The molecule has 0 spiro atoms. The molecule has 3 aromatic rings. The van der Waals surface area contributed by atoms with Gasteiger partial charge in [-0.25, -0.2) is 0 Å². The summed E-state index contributed by atoms with van der Waals surface area (Å²) >= 11 is 0. The molecule has 1 aromatic carbocycles. The number of anilines is 1. The minimum absolute atomic E-state index is 0.0655. The third-order valence-corrected chi connectivity index (χ3v) is 5.64. The summed E-state index contributed by atoms with van der Waals surface area (Å²) in [6.45, 7) is 10.2. The standard InChI is InChI=1S/C22H26N4O2/c1-6-13(2)26-21(23-19-10-8-7-9-17(19)22(26)27)18-11-14(3)25(16(18)5)20-12-15(4)28-24-20/h7-13,21,23H,6H2,1-5H3/t13-,21+/m0/s1. The SMILES string of the molecule is CC[C@H](C)N1C(=O)c2ccccc2N[C@H]1c1cc(C)n(-c2cc(C)on2)c1C. The van der Waals surface area contributed by atoms with Crippen LogP contribution in [0.1, 0.15) is 59.5 Å². The summed E-state index contributed by atoms with van der Waals surface area (Å²) in [6, 6.07) is 11.9. The zero-order chi connectivity index (χ0) is 20.0. The zero-order valence-electron chi connectivity index (χ0n) is 17.0. The average molecular weight is 378 g/mol. The molecule has 1 aliphatic heterocycles. The first-order chi connectivity index (χ1) is 13.4. The summed E-state index contributed by atoms with van der Waals surface area (Å²) in [5, 5.41) is 7.77. The molecule has 0 fully saturated rings. The molecule has 0 saturated heterocycles. The highest BCUT2D eigenvalue weighted by atomic mass is 16.5. The molecule has 146 valence electrons. The Kier molecular flexibility index (Phi) is 4.49. The number of carbonyl (C=O) groups excluding carboxylic acids is 1. The monoisotopic (exact) mass is 378 g/mol. The van der Waals surface area contributed by atoms with Gasteiger partial charge < -0.3 is 14.7 Å². The smallest absolute Gasteiger partial charge is 0.258 e. The number of benzene rings is 1. The summed E-state index contributed by atoms with van der Waals surface area (Å²) in [5.74, 6) is 1.59. The first kappa shape index (κ1) is 18.3. The molecule has 2 atom stereocenters. The van der Waals surface area contributed by atoms with Gasteiger partial charge in [0.1, 0.15) is 11.9 Å². The Morgan fingerprint density at radius 1 is 1.21 bits per heavy atom. The van der Waals surface area contributed by atoms with E-state index in [4.69, 9.17) is 4.52 Å². The van der Waals surface area contributed by atoms with Crippen molar-refractivity contribution in [1.29, 1.82) is 0 Å². The van der Waals surface area contributed by atoms with Crippen molar-refractivity contribution in [3.05, 3.63) is 64.7 Å². The highest BCUT2D eigenvalue weighted by molar-refractivity contribution is 6.01. The number of rotatable bonds is 4. The second-order valence-electron chi connectivity index (χ2n) is 7.52. The van der Waals surface area contributed by atoms with E-state index in [0.717, 1.165) is 46.2 Å². The van der Waals surface area contributed by atoms with E-state index in [1.54, 1.807) is 0 Å². The number of fused-ring (bicyclic) bond motifs is 1. The van der Waals surface area contributed by atoms with Gasteiger partial charge in [0.2, 0.25) is 0 Å². The van der Waals surface area contributed by atoms with Crippen molar-refractivity contribution in [3.8, 4) is 5.82 Å². The molecule has 6 heteroatoms. The van der Waals surface area contributed by atoms with Crippen LogP contribution in [0.25, 0.3) is 5.82 Å². The maximum Gasteiger partial charge on any atom is 0.258 e. The number of aryl methyl sites for hydroxylation is 2. The number of nitrogens with zero attached hydrogens (tertiary/aromatic N) is 3. The molecule has 28 heavy (non-hydrogen) atoms. The maximum absolute atomic E-state index is 13.3. The van der Waals surface area contributed by atoms with E-state index in [0.29, 0.717) is 0 Å². The lowest BCUT2D eigenvalue weighted by molar-refractivity contribution is 0.0593. The molecule has 0 radical (unpaired) electrons. The summed E-state index contributed by atoms with van der Waals surface area (Å²) < 4.78 is 7.35. The number of aromatic nitrogens is 2. The second kappa shape index (κ2) is 6.86. The molecule has 4 rings (SSSR count). The van der Waals surface area contributed by atoms with Crippen LogP contribution < -0.4 is 5.32 Å². The number of carbonyl (C=O) groups is 1. The van der Waals surface area contributed by atoms with Crippen molar-refractivity contribution in [2.45, 2.75) is 53.2 Å². The molecule has 0 unspecified atom stereocenters. The molecule has 1 amide bonds. The van der Waals surface area contributed by atoms with E-state index in [2.05, 4.69) is 41.9 Å². The molecule has 6 nitrogen and oxygen atoms in total. The van der Waals surface area contributed by atoms with E-state index >= 15 is 0 Å². The van der Waals surface area contributed by atoms with Gasteiger partial charge in [0, 0.05) is 34.7 Å². The minimum Gasteiger partial charge on any atom is -0.361 e. The van der Waals surface area contributed by atoms with Crippen LogP contribution in [-0.2, 0) is 0 Å². The normalized spacial score (nSPS) is 17.4. The lowest BCUT2D eigenvalue weighted by atomic mass is 10.0. The highest BCUT2D eigenvalue weighted by Crippen LogP contribution is 2.37. The first-order valence-corrected chi connectivity index (χ1v) is 9.73. The summed E-state index contributed by atoms with van der Waals surface area (Å²) in [5.41, 5.74) is 4.77. The number of hydrogen-bond acceptors (Lipinski definition) is 4. The van der Waals surface area contributed by atoms with E-state index in [9.17, 15) is 4.79 Å². The third-order valence-electron chi connectivity index (χ3n) is 5.64. The predicted octanol–water partition coefficient (Wildman–Crippen LogP) is 4.76. The van der Waals surface area contributed by atoms with Crippen LogP contribution in [0.15, 0.2) is 40.9 Å². The van der Waals surface area contributed by atoms with Gasteiger partial charge in [0.15, 0.2) is 5.82 Å². The van der Waals surface area contributed by atoms with Crippen molar-refractivity contribution in [2.75, 3.05) is 5.32 Å². The average Bonchev–Trinajstić information content (AvgIpc) is 3.23. The Morgan fingerprint density at radius 3 is 2.64 bits per heavy atom. The lowest BCUT2D eigenvalue weighted by Crippen LogP contribution is -2.47. The van der Waals surface area contributed by atoms with Crippen LogP contribution in [0.4, 0.5) is 5.69 Å². The molecule has 2 aromatic heterocycles. The molecular weight excluding hydrogens is 352 g/mol. The molecule has 0 saturated carbocycles. The minimum atomic E-state index is -0.231. The summed E-state index contributed by atoms with van der Waals surface area (Å²) in [6.07, 6.45) is 0.651. The van der Waals surface area contributed by atoms with Gasteiger partial charge in [0.05, 0.1) is 5.56 Å². The van der Waals surface area contributed by atoms with Crippen LogP contribution in [0.5, 0.6) is 0 Å². The van der Waals surface area contributed by atoms with E-state index in [1.165, 1.54) is 0 Å². The third kappa shape index (κ3) is 2.80. The first-order valence-electron chi connectivity index (χ1n) is 9.73. The fourth-order valence-electron chi connectivity index (χ4n) is 4.02. The molecule has 0 aliphatic carbocycles. The maximum atomic E-state index is 13.3. The Labute approximate surface area is 165 Å². The fraction of sp³-hybridized carbons (Fsp3) is 0.364. The number of para-hydroxylation sites is 1. The van der Waals surface area contributed by atoms with Crippen LogP contribution in [0.2, 0.25) is 0 Å². The van der Waals surface area contributed by atoms with Crippen molar-refractivity contribution in [3.63, 3.8) is 0 Å². The molecule has 1 N–H and O–H groups in total. The molecule has 3 heterocycles. The molecule has 1 aliphatic rings. The highest BCUT2D eigenvalue weighted by Gasteiger charge is 2.37. The lowest BCUT2D eigenvalue weighted by Gasteiger charge is -2.41. The number of amides is 1. The Morgan fingerprint density at radius 2 is 1.96 bits per heavy atom. The predicted molar refractivity (Wildman–Crippen MR) is 109 cm³/mol. The van der Waals surface area contributed by atoms with Gasteiger partial charge in [-0.1, -0.05) is 24.2 Å². The number of hydrogen-bond donors (Lipinski definition) is 1. The fourth-order valence-corrected chi connectivity index (χ4v) is 4.02. The Hall–Kier alpha value is -3.02.